The van der Waals surface area contributed by atoms with E-state index in [4.69, 9.17) is 14.2 Å². The van der Waals surface area contributed by atoms with Gasteiger partial charge >= 0.3 is 0 Å². The van der Waals surface area contributed by atoms with Gasteiger partial charge in [-0.25, -0.2) is 0 Å². The summed E-state index contributed by atoms with van der Waals surface area (Å²) in [5, 5.41) is 3.30. The van der Waals surface area contributed by atoms with Gasteiger partial charge in [0.25, 0.3) is 0 Å². The molecule has 4 nitrogen and oxygen atoms in total. The molecule has 0 aliphatic carbocycles. The van der Waals surface area contributed by atoms with Crippen LogP contribution in [-0.2, 0) is 4.74 Å². The second kappa shape index (κ2) is 3.72. The SMILES string of the molecule is c1cc2c(cc1[C@H]1CNCCO1)OCO2. The molecule has 0 bridgehead atoms. The van der Waals surface area contributed by atoms with Crippen LogP contribution in [0.3, 0.4) is 0 Å². The van der Waals surface area contributed by atoms with Gasteiger partial charge < -0.3 is 19.5 Å². The first-order chi connectivity index (χ1) is 7.43. The van der Waals surface area contributed by atoms with Gasteiger partial charge in [0.2, 0.25) is 6.79 Å². The molecule has 3 rings (SSSR count). The Morgan fingerprint density at radius 1 is 1.20 bits per heavy atom. The van der Waals surface area contributed by atoms with Crippen LogP contribution >= 0.6 is 0 Å². The smallest absolute Gasteiger partial charge is 0.231 e. The predicted molar refractivity (Wildman–Crippen MR) is 54.1 cm³/mol. The van der Waals surface area contributed by atoms with Crippen LogP contribution in [0.25, 0.3) is 0 Å². The Balaban J connectivity index is 1.85. The van der Waals surface area contributed by atoms with Gasteiger partial charge in [0, 0.05) is 13.1 Å². The predicted octanol–water partition coefficient (Wildman–Crippen LogP) is 1.08. The molecule has 80 valence electrons. The van der Waals surface area contributed by atoms with Crippen molar-refractivity contribution in [1.29, 1.82) is 0 Å². The van der Waals surface area contributed by atoms with Gasteiger partial charge in [-0.1, -0.05) is 6.07 Å². The maximum atomic E-state index is 5.66. The summed E-state index contributed by atoms with van der Waals surface area (Å²) in [4.78, 5) is 0. The molecule has 1 aromatic rings. The maximum Gasteiger partial charge on any atom is 0.231 e. The average molecular weight is 207 g/mol. The van der Waals surface area contributed by atoms with E-state index in [9.17, 15) is 0 Å². The van der Waals surface area contributed by atoms with Crippen molar-refractivity contribution in [3.05, 3.63) is 23.8 Å². The van der Waals surface area contributed by atoms with Crippen LogP contribution in [0, 0.1) is 0 Å². The summed E-state index contributed by atoms with van der Waals surface area (Å²) in [6, 6.07) is 5.97. The number of nitrogens with one attached hydrogen (secondary N) is 1. The third-order valence-corrected chi connectivity index (χ3v) is 2.70. The average Bonchev–Trinajstić information content (AvgIpc) is 2.77. The fraction of sp³-hybridized carbons (Fsp3) is 0.455. The molecule has 0 radical (unpaired) electrons. The van der Waals surface area contributed by atoms with Crippen molar-refractivity contribution in [2.45, 2.75) is 6.10 Å². The molecular formula is C11H13NO3. The van der Waals surface area contributed by atoms with Crippen molar-refractivity contribution < 1.29 is 14.2 Å². The van der Waals surface area contributed by atoms with Gasteiger partial charge in [0.05, 0.1) is 12.7 Å². The lowest BCUT2D eigenvalue weighted by atomic mass is 10.1. The van der Waals surface area contributed by atoms with E-state index in [1.54, 1.807) is 0 Å². The molecule has 0 unspecified atom stereocenters. The van der Waals surface area contributed by atoms with E-state index in [1.807, 2.05) is 18.2 Å². The van der Waals surface area contributed by atoms with Gasteiger partial charge in [-0.3, -0.25) is 0 Å². The highest BCUT2D eigenvalue weighted by Crippen LogP contribution is 2.34. The van der Waals surface area contributed by atoms with Crippen molar-refractivity contribution in [1.82, 2.24) is 5.32 Å². The first kappa shape index (κ1) is 9.00. The molecule has 4 heteroatoms. The number of benzene rings is 1. The second-order valence-corrected chi connectivity index (χ2v) is 3.68. The molecule has 1 atom stereocenters. The molecule has 0 aromatic heterocycles. The van der Waals surface area contributed by atoms with Crippen LogP contribution in [0.15, 0.2) is 18.2 Å². The van der Waals surface area contributed by atoms with E-state index in [1.165, 1.54) is 0 Å². The van der Waals surface area contributed by atoms with Gasteiger partial charge in [-0.2, -0.15) is 0 Å². The number of morpholine rings is 1. The van der Waals surface area contributed by atoms with Gasteiger partial charge in [0.1, 0.15) is 0 Å². The molecule has 0 spiro atoms. The van der Waals surface area contributed by atoms with E-state index < -0.39 is 0 Å². The minimum absolute atomic E-state index is 0.133. The Bertz CT molecular complexity index is 361. The Labute approximate surface area is 88.1 Å². The third-order valence-electron chi connectivity index (χ3n) is 2.70. The fourth-order valence-electron chi connectivity index (χ4n) is 1.89. The number of fused-ring (bicyclic) bond motifs is 1. The third kappa shape index (κ3) is 1.66. The summed E-state index contributed by atoms with van der Waals surface area (Å²) in [6.07, 6.45) is 0.133. The lowest BCUT2D eigenvalue weighted by Gasteiger charge is -2.23. The first-order valence-electron chi connectivity index (χ1n) is 5.15. The van der Waals surface area contributed by atoms with E-state index >= 15 is 0 Å². The summed E-state index contributed by atoms with van der Waals surface area (Å²) in [5.41, 5.74) is 1.14. The largest absolute Gasteiger partial charge is 0.454 e. The van der Waals surface area contributed by atoms with Crippen molar-refractivity contribution in [2.24, 2.45) is 0 Å². The Morgan fingerprint density at radius 3 is 3.00 bits per heavy atom. The zero-order chi connectivity index (χ0) is 10.1. The summed E-state index contributed by atoms with van der Waals surface area (Å²) in [7, 11) is 0. The van der Waals surface area contributed by atoms with E-state index in [0.717, 1.165) is 36.8 Å². The second-order valence-electron chi connectivity index (χ2n) is 3.68. The molecule has 2 aliphatic rings. The van der Waals surface area contributed by atoms with Crippen LogP contribution < -0.4 is 14.8 Å². The minimum Gasteiger partial charge on any atom is -0.454 e. The quantitative estimate of drug-likeness (QED) is 0.748. The fourth-order valence-corrected chi connectivity index (χ4v) is 1.89. The summed E-state index contributed by atoms with van der Waals surface area (Å²) in [6.45, 7) is 2.88. The number of hydrogen-bond donors (Lipinski definition) is 1. The molecular weight excluding hydrogens is 194 g/mol. The molecule has 15 heavy (non-hydrogen) atoms. The summed E-state index contributed by atoms with van der Waals surface area (Å²) >= 11 is 0. The number of ether oxygens (including phenoxy) is 3. The van der Waals surface area contributed by atoms with Crippen LogP contribution in [0.4, 0.5) is 0 Å². The zero-order valence-electron chi connectivity index (χ0n) is 8.36. The number of rotatable bonds is 1. The molecule has 1 saturated heterocycles. The molecule has 0 saturated carbocycles. The highest BCUT2D eigenvalue weighted by Gasteiger charge is 2.19. The lowest BCUT2D eigenvalue weighted by molar-refractivity contribution is 0.0276. The maximum absolute atomic E-state index is 5.66. The topological polar surface area (TPSA) is 39.7 Å². The minimum atomic E-state index is 0.133. The first-order valence-corrected chi connectivity index (χ1v) is 5.15. The Kier molecular flexibility index (Phi) is 2.23. The lowest BCUT2D eigenvalue weighted by Crippen LogP contribution is -2.33. The van der Waals surface area contributed by atoms with Crippen LogP contribution in [-0.4, -0.2) is 26.5 Å². The Hall–Kier alpha value is -1.26. The van der Waals surface area contributed by atoms with Crippen LogP contribution in [0.5, 0.6) is 11.5 Å². The van der Waals surface area contributed by atoms with Gasteiger partial charge in [-0.15, -0.1) is 0 Å². The molecule has 1 N–H and O–H groups in total. The monoisotopic (exact) mass is 207 g/mol. The van der Waals surface area contributed by atoms with E-state index in [0.29, 0.717) is 6.79 Å². The van der Waals surface area contributed by atoms with Crippen molar-refractivity contribution in [3.8, 4) is 11.5 Å². The van der Waals surface area contributed by atoms with E-state index in [2.05, 4.69) is 5.32 Å². The molecule has 0 amide bonds. The normalized spacial score (nSPS) is 24.1. The summed E-state index contributed by atoms with van der Waals surface area (Å²) in [5.74, 6) is 1.64. The van der Waals surface area contributed by atoms with Gasteiger partial charge in [0.15, 0.2) is 11.5 Å². The molecule has 1 aromatic carbocycles. The molecule has 1 fully saturated rings. The van der Waals surface area contributed by atoms with Crippen molar-refractivity contribution in [3.63, 3.8) is 0 Å². The van der Waals surface area contributed by atoms with Crippen LogP contribution in [0.1, 0.15) is 11.7 Å². The van der Waals surface area contributed by atoms with E-state index in [-0.39, 0.29) is 6.10 Å². The standard InChI is InChI=1S/C11H13NO3/c1-2-9-10(15-7-14-9)5-8(1)11-6-12-3-4-13-11/h1-2,5,11-12H,3-4,6-7H2/t11-/m1/s1. The summed E-state index contributed by atoms with van der Waals surface area (Å²) < 4.78 is 16.3. The van der Waals surface area contributed by atoms with Crippen molar-refractivity contribution >= 4 is 0 Å². The van der Waals surface area contributed by atoms with Crippen molar-refractivity contribution in [2.75, 3.05) is 26.5 Å². The molecule has 2 aliphatic heterocycles. The molecule has 2 heterocycles. The highest BCUT2D eigenvalue weighted by molar-refractivity contribution is 5.45. The zero-order valence-corrected chi connectivity index (χ0v) is 8.36. The van der Waals surface area contributed by atoms with Gasteiger partial charge in [-0.05, 0) is 17.7 Å². The Morgan fingerprint density at radius 2 is 2.13 bits per heavy atom. The van der Waals surface area contributed by atoms with Crippen LogP contribution in [0.2, 0.25) is 0 Å². The number of hydrogen-bond acceptors (Lipinski definition) is 4. The highest BCUT2D eigenvalue weighted by atomic mass is 16.7.